The number of benzene rings is 2. The van der Waals surface area contributed by atoms with Crippen LogP contribution in [-0.4, -0.2) is 23.1 Å². The fraction of sp³-hybridized carbons (Fsp3) is 0.190. The molecule has 1 amide bonds. The maximum Gasteiger partial charge on any atom is 0.340 e. The van der Waals surface area contributed by atoms with Gasteiger partial charge in [-0.2, -0.15) is 5.26 Å². The minimum Gasteiger partial charge on any atom is -0.452 e. The van der Waals surface area contributed by atoms with Crippen LogP contribution in [0.2, 0.25) is 0 Å². The first-order valence-corrected chi connectivity index (χ1v) is 9.40. The van der Waals surface area contributed by atoms with Crippen molar-refractivity contribution in [3.63, 3.8) is 0 Å². The van der Waals surface area contributed by atoms with Crippen molar-refractivity contribution < 1.29 is 14.3 Å². The molecule has 3 aromatic rings. The second-order valence-corrected chi connectivity index (χ2v) is 7.28. The molecule has 0 fully saturated rings. The topological polar surface area (TPSA) is 84.1 Å². The number of hydrogen-bond donors (Lipinski definition) is 1. The summed E-state index contributed by atoms with van der Waals surface area (Å²) in [6, 6.07) is 11.2. The molecule has 0 radical (unpaired) electrons. The predicted octanol–water partition coefficient (Wildman–Crippen LogP) is 4.16. The molecule has 0 aliphatic rings. The number of esters is 1. The molecule has 28 heavy (non-hydrogen) atoms. The lowest BCUT2D eigenvalue weighted by molar-refractivity contribution is -0.119. The van der Waals surface area contributed by atoms with Gasteiger partial charge in [-0.25, -0.2) is 4.79 Å². The Bertz CT molecular complexity index is 1090. The summed E-state index contributed by atoms with van der Waals surface area (Å²) in [5.41, 5.74) is 3.68. The Morgan fingerprint density at radius 2 is 1.89 bits per heavy atom. The van der Waals surface area contributed by atoms with Crippen molar-refractivity contribution in [3.05, 3.63) is 59.3 Å². The first-order chi connectivity index (χ1) is 13.4. The number of carbonyl (C=O) groups excluding carboxylic acids is 2. The number of rotatable bonds is 5. The number of nitriles is 1. The van der Waals surface area contributed by atoms with Gasteiger partial charge in [-0.1, -0.05) is 18.2 Å². The van der Waals surface area contributed by atoms with E-state index in [-0.39, 0.29) is 6.61 Å². The molecule has 0 bridgehead atoms. The highest BCUT2D eigenvalue weighted by molar-refractivity contribution is 8.03. The van der Waals surface area contributed by atoms with E-state index < -0.39 is 11.9 Å². The maximum atomic E-state index is 12.4. The Morgan fingerprint density at radius 1 is 1.21 bits per heavy atom. The van der Waals surface area contributed by atoms with Crippen molar-refractivity contribution >= 4 is 40.2 Å². The third-order valence-electron chi connectivity index (χ3n) is 4.39. The van der Waals surface area contributed by atoms with Crippen molar-refractivity contribution in [3.8, 4) is 5.40 Å². The molecule has 0 atom stereocenters. The lowest BCUT2D eigenvalue weighted by Crippen LogP contribution is -2.21. The van der Waals surface area contributed by atoms with Gasteiger partial charge in [0.15, 0.2) is 6.61 Å². The summed E-state index contributed by atoms with van der Waals surface area (Å²) in [5, 5.41) is 14.4. The number of thiocyanates is 1. The van der Waals surface area contributed by atoms with Gasteiger partial charge in [0.05, 0.1) is 5.56 Å². The summed E-state index contributed by atoms with van der Waals surface area (Å²) in [4.78, 5) is 25.5. The van der Waals surface area contributed by atoms with Crippen LogP contribution in [0.1, 0.15) is 21.5 Å². The monoisotopic (exact) mass is 393 g/mol. The van der Waals surface area contributed by atoms with Crippen molar-refractivity contribution in [1.29, 1.82) is 5.26 Å². The first-order valence-electron chi connectivity index (χ1n) is 8.59. The number of nitrogens with zero attached hydrogens (tertiary/aromatic N) is 2. The summed E-state index contributed by atoms with van der Waals surface area (Å²) >= 11 is 1.07. The third kappa shape index (κ3) is 4.02. The van der Waals surface area contributed by atoms with Gasteiger partial charge in [-0.15, -0.1) is 0 Å². The third-order valence-corrected chi connectivity index (χ3v) is 4.95. The Kier molecular flexibility index (Phi) is 5.71. The number of ether oxygens (including phenoxy) is 1. The Balaban J connectivity index is 1.68. The fourth-order valence-corrected chi connectivity index (χ4v) is 3.70. The average molecular weight is 393 g/mol. The second kappa shape index (κ2) is 8.19. The van der Waals surface area contributed by atoms with E-state index in [0.29, 0.717) is 11.3 Å². The van der Waals surface area contributed by atoms with Crippen LogP contribution in [0.25, 0.3) is 10.9 Å². The lowest BCUT2D eigenvalue weighted by Gasteiger charge is -2.13. The van der Waals surface area contributed by atoms with E-state index in [4.69, 9.17) is 10.00 Å². The zero-order chi connectivity index (χ0) is 20.3. The van der Waals surface area contributed by atoms with Crippen LogP contribution in [0.4, 0.5) is 5.69 Å². The highest BCUT2D eigenvalue weighted by Gasteiger charge is 2.17. The van der Waals surface area contributed by atoms with Gasteiger partial charge in [-0.3, -0.25) is 4.79 Å². The predicted molar refractivity (Wildman–Crippen MR) is 109 cm³/mol. The summed E-state index contributed by atoms with van der Waals surface area (Å²) in [7, 11) is 1.85. The quantitative estimate of drug-likeness (QED) is 0.400. The number of carbonyl (C=O) groups is 2. The fourth-order valence-electron chi connectivity index (χ4n) is 3.12. The molecule has 3 rings (SSSR count). The van der Waals surface area contributed by atoms with E-state index in [1.54, 1.807) is 6.20 Å². The van der Waals surface area contributed by atoms with Gasteiger partial charge < -0.3 is 14.6 Å². The largest absolute Gasteiger partial charge is 0.452 e. The average Bonchev–Trinajstić information content (AvgIpc) is 3.00. The molecule has 0 aliphatic heterocycles. The number of fused-ring (bicyclic) bond motifs is 1. The van der Waals surface area contributed by atoms with Crippen LogP contribution < -0.4 is 5.32 Å². The molecular weight excluding hydrogens is 374 g/mol. The van der Waals surface area contributed by atoms with Crippen LogP contribution in [0.5, 0.6) is 0 Å². The van der Waals surface area contributed by atoms with E-state index in [1.807, 2.05) is 67.3 Å². The number of amides is 1. The molecule has 0 aliphatic carbocycles. The number of aryl methyl sites for hydroxylation is 3. The zero-order valence-electron chi connectivity index (χ0n) is 15.8. The van der Waals surface area contributed by atoms with Crippen LogP contribution in [-0.2, 0) is 16.6 Å². The standard InChI is InChI=1S/C21H19N3O3S/c1-13-8-15(28-12-22)9-14(2)20(13)23-19(25)11-27-21(26)17-10-24(3)18-7-5-4-6-16(17)18/h4-10H,11H2,1-3H3,(H,23,25). The van der Waals surface area contributed by atoms with E-state index in [1.165, 1.54) is 0 Å². The van der Waals surface area contributed by atoms with Crippen LogP contribution in [0.3, 0.4) is 0 Å². The van der Waals surface area contributed by atoms with Gasteiger partial charge in [0.2, 0.25) is 0 Å². The normalized spacial score (nSPS) is 10.5. The number of nitrogens with one attached hydrogen (secondary N) is 1. The SMILES string of the molecule is Cc1cc(SC#N)cc(C)c1NC(=O)COC(=O)c1cn(C)c2ccccc12. The van der Waals surface area contributed by atoms with Crippen LogP contribution in [0.15, 0.2) is 47.5 Å². The van der Waals surface area contributed by atoms with Crippen LogP contribution in [0, 0.1) is 24.5 Å². The second-order valence-electron chi connectivity index (χ2n) is 6.42. The first kappa shape index (κ1) is 19.5. The number of thioether (sulfide) groups is 1. The molecule has 0 saturated carbocycles. The molecule has 1 aromatic heterocycles. The lowest BCUT2D eigenvalue weighted by atomic mass is 10.1. The summed E-state index contributed by atoms with van der Waals surface area (Å²) < 4.78 is 7.06. The molecule has 2 aromatic carbocycles. The Hall–Kier alpha value is -3.24. The van der Waals surface area contributed by atoms with E-state index in [0.717, 1.165) is 38.7 Å². The Labute approximate surface area is 167 Å². The summed E-state index contributed by atoms with van der Waals surface area (Å²) in [5.74, 6) is -0.957. The van der Waals surface area contributed by atoms with Gasteiger partial charge in [-0.05, 0) is 54.9 Å². The molecule has 7 heteroatoms. The number of hydrogen-bond acceptors (Lipinski definition) is 5. The van der Waals surface area contributed by atoms with Gasteiger partial charge in [0.1, 0.15) is 5.40 Å². The maximum absolute atomic E-state index is 12.4. The highest BCUT2D eigenvalue weighted by atomic mass is 32.2. The smallest absolute Gasteiger partial charge is 0.340 e. The number of anilines is 1. The molecule has 0 saturated heterocycles. The molecule has 0 unspecified atom stereocenters. The van der Waals surface area contributed by atoms with Crippen molar-refractivity contribution in [2.24, 2.45) is 7.05 Å². The molecule has 6 nitrogen and oxygen atoms in total. The minimum atomic E-state index is -0.541. The minimum absolute atomic E-state index is 0.379. The zero-order valence-corrected chi connectivity index (χ0v) is 16.6. The van der Waals surface area contributed by atoms with E-state index in [2.05, 4.69) is 5.32 Å². The van der Waals surface area contributed by atoms with Crippen molar-refractivity contribution in [2.75, 3.05) is 11.9 Å². The van der Waals surface area contributed by atoms with Gasteiger partial charge in [0.25, 0.3) is 5.91 Å². The van der Waals surface area contributed by atoms with Crippen molar-refractivity contribution in [2.45, 2.75) is 18.7 Å². The highest BCUT2D eigenvalue weighted by Crippen LogP contribution is 2.27. The summed E-state index contributed by atoms with van der Waals surface area (Å²) in [6.07, 6.45) is 1.70. The molecular formula is C21H19N3O3S. The number of para-hydroxylation sites is 1. The molecule has 0 spiro atoms. The molecule has 142 valence electrons. The molecule has 1 N–H and O–H groups in total. The van der Waals surface area contributed by atoms with E-state index in [9.17, 15) is 9.59 Å². The van der Waals surface area contributed by atoms with E-state index >= 15 is 0 Å². The van der Waals surface area contributed by atoms with Crippen LogP contribution >= 0.6 is 11.8 Å². The van der Waals surface area contributed by atoms with Crippen molar-refractivity contribution in [1.82, 2.24) is 4.57 Å². The van der Waals surface area contributed by atoms with Gasteiger partial charge >= 0.3 is 5.97 Å². The Morgan fingerprint density at radius 3 is 2.57 bits per heavy atom. The molecule has 1 heterocycles. The van der Waals surface area contributed by atoms with Gasteiger partial charge in [0, 0.05) is 34.7 Å². The summed E-state index contributed by atoms with van der Waals surface area (Å²) in [6.45, 7) is 3.33. The number of aromatic nitrogens is 1.